The van der Waals surface area contributed by atoms with Gasteiger partial charge < -0.3 is 24.8 Å². The maximum atomic E-state index is 2.44. The van der Waals surface area contributed by atoms with E-state index in [1.165, 1.54) is 55.6 Å². The summed E-state index contributed by atoms with van der Waals surface area (Å²) >= 11 is -2.25. The van der Waals surface area contributed by atoms with Crippen molar-refractivity contribution in [2.45, 2.75) is 10.6 Å². The third-order valence-electron chi connectivity index (χ3n) is 9.07. The molecule has 222 valence electrons. The van der Waals surface area contributed by atoms with E-state index in [0.717, 1.165) is 6.42 Å². The van der Waals surface area contributed by atoms with Crippen LogP contribution in [0.25, 0.3) is 33.4 Å². The van der Waals surface area contributed by atoms with E-state index in [0.29, 0.717) is 4.22 Å². The van der Waals surface area contributed by atoms with Crippen molar-refractivity contribution in [3.05, 3.63) is 202 Å². The molecular weight excluding hydrogens is 635 g/mol. The average Bonchev–Trinajstić information content (AvgIpc) is 3.76. The molecule has 0 nitrogen and oxygen atoms in total. The molecule has 0 saturated carbocycles. The summed E-state index contributed by atoms with van der Waals surface area (Å²) in [5.74, 6) is 0. The normalized spacial score (nSPS) is 12.5. The van der Waals surface area contributed by atoms with Crippen LogP contribution in [-0.2, 0) is 17.4 Å². The number of hydrogen-bond donors (Lipinski definition) is 0. The van der Waals surface area contributed by atoms with Crippen LogP contribution in [-0.4, -0.2) is 3.81 Å². The van der Waals surface area contributed by atoms with E-state index in [-0.39, 0.29) is 24.8 Å². The third kappa shape index (κ3) is 5.95. The molecule has 0 N–H and O–H groups in total. The summed E-state index contributed by atoms with van der Waals surface area (Å²) in [6.45, 7) is 0. The van der Waals surface area contributed by atoms with Gasteiger partial charge in [0.15, 0.2) is 0 Å². The van der Waals surface area contributed by atoms with Crippen molar-refractivity contribution in [1.29, 1.82) is 0 Å². The third-order valence-corrected chi connectivity index (χ3v) is 14.3. The van der Waals surface area contributed by atoms with Crippen molar-refractivity contribution < 1.29 is 42.2 Å². The minimum absolute atomic E-state index is 0. The van der Waals surface area contributed by atoms with Crippen LogP contribution >= 0.6 is 0 Å². The SMILES string of the molecule is C1=CC[C]([Ti+2](=[C](c2ccc(-c3ccccc3)cc2)c2ccc(-c3ccccc3)cc2)[CH]2c3ccccc3-c3ccccc32)=C1.[Cl-].[Cl-]. The van der Waals surface area contributed by atoms with E-state index < -0.39 is 17.4 Å². The summed E-state index contributed by atoms with van der Waals surface area (Å²) < 4.78 is 3.58. The fourth-order valence-corrected chi connectivity index (χ4v) is 12.7. The molecule has 6 aromatic rings. The van der Waals surface area contributed by atoms with Gasteiger partial charge in [-0.1, -0.05) is 0 Å². The molecule has 8 rings (SSSR count). The van der Waals surface area contributed by atoms with Gasteiger partial charge >= 0.3 is 267 Å². The molecular formula is C43H32Cl2Ti. The van der Waals surface area contributed by atoms with Crippen molar-refractivity contribution in [2.75, 3.05) is 0 Å². The molecule has 0 radical (unpaired) electrons. The summed E-state index contributed by atoms with van der Waals surface area (Å²) in [4.78, 5) is 0. The number of hydrogen-bond acceptors (Lipinski definition) is 0. The molecule has 46 heavy (non-hydrogen) atoms. The number of rotatable bonds is 6. The minimum Gasteiger partial charge on any atom is -1.00 e. The molecule has 0 unspecified atom stereocenters. The molecule has 2 aliphatic carbocycles. The Kier molecular flexibility index (Phi) is 9.83. The van der Waals surface area contributed by atoms with Crippen LogP contribution < -0.4 is 24.8 Å². The van der Waals surface area contributed by atoms with Gasteiger partial charge in [-0.3, -0.25) is 0 Å². The maximum Gasteiger partial charge on any atom is -1.00 e. The average molecular weight is 668 g/mol. The van der Waals surface area contributed by atoms with Crippen LogP contribution in [0.4, 0.5) is 0 Å². The van der Waals surface area contributed by atoms with Gasteiger partial charge in [0.05, 0.1) is 0 Å². The Morgan fingerprint density at radius 3 is 1.30 bits per heavy atom. The standard InChI is InChI=1S/C25H18.C13H9.C5H5.2ClH.Ti/c1-3-7-22(8-4-1)24-15-11-20(12-16-24)19-21-13-17-25(18-14-21)23-9-5-2-6-10-23;1-3-7-12-10(5-1)9-11-6-2-4-8-13(11)12;1-2-4-5-3-1;;;/h1-18H;1-9H;1-3H,4H2;2*1H;/q;;;;;+2/p-2. The molecule has 0 aromatic heterocycles. The van der Waals surface area contributed by atoms with Gasteiger partial charge in [-0.2, -0.15) is 0 Å². The van der Waals surface area contributed by atoms with Crippen molar-refractivity contribution in [2.24, 2.45) is 0 Å². The molecule has 3 heteroatoms. The van der Waals surface area contributed by atoms with Crippen LogP contribution in [0, 0.1) is 0 Å². The molecule has 0 fully saturated rings. The topological polar surface area (TPSA) is 0 Å². The second kappa shape index (κ2) is 14.2. The first-order chi connectivity index (χ1) is 21.8. The van der Waals surface area contributed by atoms with E-state index >= 15 is 0 Å². The van der Waals surface area contributed by atoms with Crippen molar-refractivity contribution in [1.82, 2.24) is 0 Å². The predicted molar refractivity (Wildman–Crippen MR) is 183 cm³/mol. The van der Waals surface area contributed by atoms with Gasteiger partial charge in [0.1, 0.15) is 0 Å². The Hall–Kier alpha value is -4.04. The predicted octanol–water partition coefficient (Wildman–Crippen LogP) is 4.83. The van der Waals surface area contributed by atoms with Crippen molar-refractivity contribution >= 4 is 3.81 Å². The minimum atomic E-state index is -2.25. The first kappa shape index (κ1) is 31.9. The van der Waals surface area contributed by atoms with Gasteiger partial charge in [-0.05, 0) is 0 Å². The quantitative estimate of drug-likeness (QED) is 0.224. The van der Waals surface area contributed by atoms with Crippen LogP contribution in [0.1, 0.15) is 32.9 Å². The Labute approximate surface area is 290 Å². The summed E-state index contributed by atoms with van der Waals surface area (Å²) in [7, 11) is 0. The number of fused-ring (bicyclic) bond motifs is 3. The number of allylic oxidation sites excluding steroid dienone is 4. The van der Waals surface area contributed by atoms with Crippen LogP contribution in [0.3, 0.4) is 0 Å². The number of benzene rings is 6. The monoisotopic (exact) mass is 666 g/mol. The molecule has 0 atom stereocenters. The Bertz CT molecular complexity index is 1930. The Morgan fingerprint density at radius 1 is 0.457 bits per heavy atom. The van der Waals surface area contributed by atoms with Crippen LogP contribution in [0.15, 0.2) is 180 Å². The Balaban J connectivity index is 0.00000186. The van der Waals surface area contributed by atoms with Gasteiger partial charge in [-0.25, -0.2) is 0 Å². The summed E-state index contributed by atoms with van der Waals surface area (Å²) in [5, 5.41) is 0. The van der Waals surface area contributed by atoms with Crippen molar-refractivity contribution in [3.63, 3.8) is 0 Å². The van der Waals surface area contributed by atoms with Gasteiger partial charge in [-0.15, -0.1) is 0 Å². The van der Waals surface area contributed by atoms with E-state index in [1.807, 2.05) is 0 Å². The van der Waals surface area contributed by atoms with Crippen LogP contribution in [0.5, 0.6) is 0 Å². The first-order valence-corrected chi connectivity index (χ1v) is 17.9. The smallest absolute Gasteiger partial charge is 1.00 e. The Morgan fingerprint density at radius 2 is 0.870 bits per heavy atom. The van der Waals surface area contributed by atoms with E-state index in [9.17, 15) is 0 Å². The number of halogens is 2. The molecule has 2 aliphatic rings. The summed E-state index contributed by atoms with van der Waals surface area (Å²) in [5.41, 5.74) is 13.5. The summed E-state index contributed by atoms with van der Waals surface area (Å²) in [6, 6.07) is 58.5. The van der Waals surface area contributed by atoms with Gasteiger partial charge in [0, 0.05) is 0 Å². The van der Waals surface area contributed by atoms with E-state index in [2.05, 4.69) is 176 Å². The van der Waals surface area contributed by atoms with Gasteiger partial charge in [0.25, 0.3) is 0 Å². The zero-order valence-electron chi connectivity index (χ0n) is 25.3. The van der Waals surface area contributed by atoms with E-state index in [1.54, 1.807) is 7.69 Å². The second-order valence-corrected chi connectivity index (χ2v) is 15.6. The molecule has 0 aliphatic heterocycles. The van der Waals surface area contributed by atoms with Gasteiger partial charge in [0.2, 0.25) is 0 Å². The summed E-state index contributed by atoms with van der Waals surface area (Å²) in [6.07, 6.45) is 8.12. The fourth-order valence-electron chi connectivity index (χ4n) is 7.00. The molecule has 0 bridgehead atoms. The fraction of sp³-hybridized carbons (Fsp3) is 0.0465. The molecule has 0 amide bonds. The molecule has 0 saturated heterocycles. The zero-order valence-corrected chi connectivity index (χ0v) is 28.4. The van der Waals surface area contributed by atoms with Crippen molar-refractivity contribution in [3.8, 4) is 33.4 Å². The first-order valence-electron chi connectivity index (χ1n) is 15.5. The zero-order chi connectivity index (χ0) is 29.3. The molecule has 0 spiro atoms. The second-order valence-electron chi connectivity index (χ2n) is 11.6. The maximum absolute atomic E-state index is 2.44. The molecule has 6 aromatic carbocycles. The largest absolute Gasteiger partial charge is 1.00 e. The molecule has 0 heterocycles. The van der Waals surface area contributed by atoms with Crippen LogP contribution in [0.2, 0.25) is 0 Å². The van der Waals surface area contributed by atoms with E-state index in [4.69, 9.17) is 0 Å².